The topological polar surface area (TPSA) is 71.8 Å². The van der Waals surface area contributed by atoms with Gasteiger partial charge in [0.1, 0.15) is 0 Å². The quantitative estimate of drug-likeness (QED) is 0.900. The number of benzene rings is 1. The molecule has 2 heterocycles. The summed E-state index contributed by atoms with van der Waals surface area (Å²) in [4.78, 5) is 12.3. The first-order valence-corrected chi connectivity index (χ1v) is 7.79. The van der Waals surface area contributed by atoms with Crippen LogP contribution in [0.2, 0.25) is 0 Å². The number of hydrogen-bond acceptors (Lipinski definition) is 4. The van der Waals surface area contributed by atoms with Crippen LogP contribution >= 0.6 is 12.4 Å². The average molecular weight is 336 g/mol. The lowest BCUT2D eigenvalue weighted by atomic mass is 10.1. The summed E-state index contributed by atoms with van der Waals surface area (Å²) in [5.41, 5.74) is 2.32. The Hall–Kier alpha value is -1.92. The van der Waals surface area contributed by atoms with Crippen LogP contribution in [0.1, 0.15) is 41.9 Å². The molecule has 0 radical (unpaired) electrons. The zero-order valence-corrected chi connectivity index (χ0v) is 14.0. The van der Waals surface area contributed by atoms with Crippen LogP contribution in [-0.4, -0.2) is 34.0 Å². The Kier molecular flexibility index (Phi) is 6.12. The Morgan fingerprint density at radius 3 is 2.83 bits per heavy atom. The van der Waals surface area contributed by atoms with E-state index >= 15 is 0 Å². The van der Waals surface area contributed by atoms with E-state index in [1.165, 1.54) is 0 Å². The van der Waals surface area contributed by atoms with Crippen molar-refractivity contribution < 1.29 is 4.79 Å². The summed E-state index contributed by atoms with van der Waals surface area (Å²) in [7, 11) is 0. The number of piperidine rings is 1. The predicted octanol–water partition coefficient (Wildman–Crippen LogP) is 2.44. The molecule has 1 amide bonds. The van der Waals surface area contributed by atoms with E-state index in [9.17, 15) is 4.79 Å². The molecule has 0 unspecified atom stereocenters. The molecule has 3 rings (SSSR count). The molecular weight excluding hydrogens is 314 g/mol. The number of nitrogens with zero attached hydrogens (tertiary/aromatic N) is 3. The number of anilines is 1. The predicted molar refractivity (Wildman–Crippen MR) is 92.2 cm³/mol. The Labute approximate surface area is 142 Å². The molecular formula is C16H22ClN5O. The smallest absolute Gasteiger partial charge is 0.277 e. The number of amides is 1. The van der Waals surface area contributed by atoms with Crippen molar-refractivity contribution in [2.24, 2.45) is 0 Å². The first kappa shape index (κ1) is 17.4. The van der Waals surface area contributed by atoms with E-state index in [1.54, 1.807) is 6.20 Å². The summed E-state index contributed by atoms with van der Waals surface area (Å²) < 4.78 is 1.82. The third-order valence-electron chi connectivity index (χ3n) is 4.07. The van der Waals surface area contributed by atoms with Gasteiger partial charge >= 0.3 is 0 Å². The normalized spacial score (nSPS) is 15.0. The van der Waals surface area contributed by atoms with Crippen molar-refractivity contribution in [3.63, 3.8) is 0 Å². The van der Waals surface area contributed by atoms with Gasteiger partial charge in [-0.3, -0.25) is 4.79 Å². The minimum absolute atomic E-state index is 0. The van der Waals surface area contributed by atoms with Gasteiger partial charge in [-0.15, -0.1) is 17.5 Å². The fourth-order valence-electron chi connectivity index (χ4n) is 2.77. The van der Waals surface area contributed by atoms with Gasteiger partial charge in [0.25, 0.3) is 5.91 Å². The Balaban J connectivity index is 0.00000192. The second-order valence-corrected chi connectivity index (χ2v) is 5.53. The molecule has 124 valence electrons. The van der Waals surface area contributed by atoms with Crippen molar-refractivity contribution in [1.82, 2.24) is 20.3 Å². The molecule has 23 heavy (non-hydrogen) atoms. The molecule has 1 aliphatic rings. The monoisotopic (exact) mass is 335 g/mol. The Morgan fingerprint density at radius 2 is 2.09 bits per heavy atom. The van der Waals surface area contributed by atoms with E-state index in [4.69, 9.17) is 0 Å². The number of hydrogen-bond donors (Lipinski definition) is 2. The molecule has 2 aromatic rings. The van der Waals surface area contributed by atoms with Crippen molar-refractivity contribution in [2.75, 3.05) is 18.4 Å². The summed E-state index contributed by atoms with van der Waals surface area (Å²) in [6.07, 6.45) is 4.66. The van der Waals surface area contributed by atoms with Gasteiger partial charge in [-0.05, 0) is 44.0 Å². The molecule has 6 nitrogen and oxygen atoms in total. The van der Waals surface area contributed by atoms with Gasteiger partial charge in [-0.1, -0.05) is 30.3 Å². The van der Waals surface area contributed by atoms with Gasteiger partial charge in [0, 0.05) is 5.69 Å². The van der Waals surface area contributed by atoms with E-state index in [-0.39, 0.29) is 18.3 Å². The lowest BCUT2D eigenvalue weighted by molar-refractivity contribution is 0.102. The number of aryl methyl sites for hydroxylation is 1. The highest BCUT2D eigenvalue weighted by atomic mass is 35.5. The lowest BCUT2D eigenvalue weighted by Gasteiger charge is -2.22. The van der Waals surface area contributed by atoms with Crippen molar-refractivity contribution in [3.05, 3.63) is 41.7 Å². The van der Waals surface area contributed by atoms with Gasteiger partial charge in [0.15, 0.2) is 5.69 Å². The third kappa shape index (κ3) is 4.09. The van der Waals surface area contributed by atoms with Crippen LogP contribution in [0.4, 0.5) is 5.69 Å². The highest BCUT2D eigenvalue weighted by molar-refractivity contribution is 6.03. The largest absolute Gasteiger partial charge is 0.320 e. The molecule has 1 fully saturated rings. The molecule has 1 aliphatic heterocycles. The number of aromatic nitrogens is 3. The number of carbonyl (C=O) groups is 1. The molecule has 1 saturated heterocycles. The lowest BCUT2D eigenvalue weighted by Crippen LogP contribution is -2.29. The molecule has 0 spiro atoms. The molecule has 0 atom stereocenters. The van der Waals surface area contributed by atoms with Gasteiger partial charge < -0.3 is 10.6 Å². The van der Waals surface area contributed by atoms with Crippen molar-refractivity contribution in [3.8, 4) is 0 Å². The van der Waals surface area contributed by atoms with Crippen LogP contribution in [0.25, 0.3) is 0 Å². The first-order chi connectivity index (χ1) is 10.8. The maximum atomic E-state index is 12.3. The van der Waals surface area contributed by atoms with E-state index in [2.05, 4.69) is 27.9 Å². The molecule has 1 aromatic carbocycles. The molecule has 2 N–H and O–H groups in total. The van der Waals surface area contributed by atoms with Crippen molar-refractivity contribution in [1.29, 1.82) is 0 Å². The maximum Gasteiger partial charge on any atom is 0.277 e. The second kappa shape index (κ2) is 8.08. The molecule has 0 saturated carbocycles. The van der Waals surface area contributed by atoms with Crippen LogP contribution in [-0.2, 0) is 6.42 Å². The number of nitrogens with one attached hydrogen (secondary N) is 2. The van der Waals surface area contributed by atoms with Gasteiger partial charge in [-0.2, -0.15) is 0 Å². The summed E-state index contributed by atoms with van der Waals surface area (Å²) in [5.74, 6) is -0.207. The van der Waals surface area contributed by atoms with Gasteiger partial charge in [0.05, 0.1) is 12.2 Å². The number of halogens is 1. The van der Waals surface area contributed by atoms with Crippen LogP contribution in [0.3, 0.4) is 0 Å². The number of para-hydroxylation sites is 1. The van der Waals surface area contributed by atoms with E-state index in [0.29, 0.717) is 11.7 Å². The van der Waals surface area contributed by atoms with Crippen LogP contribution < -0.4 is 10.6 Å². The third-order valence-corrected chi connectivity index (χ3v) is 4.07. The highest BCUT2D eigenvalue weighted by Gasteiger charge is 2.19. The van der Waals surface area contributed by atoms with Crippen LogP contribution in [0, 0.1) is 0 Å². The van der Waals surface area contributed by atoms with E-state index in [1.807, 2.05) is 28.9 Å². The fourth-order valence-corrected chi connectivity index (χ4v) is 2.77. The molecule has 1 aromatic heterocycles. The van der Waals surface area contributed by atoms with E-state index in [0.717, 1.165) is 43.6 Å². The first-order valence-electron chi connectivity index (χ1n) is 7.79. The fraction of sp³-hybridized carbons (Fsp3) is 0.438. The minimum Gasteiger partial charge on any atom is -0.320 e. The second-order valence-electron chi connectivity index (χ2n) is 5.53. The summed E-state index contributed by atoms with van der Waals surface area (Å²) in [6, 6.07) is 8.15. The summed E-state index contributed by atoms with van der Waals surface area (Å²) >= 11 is 0. The van der Waals surface area contributed by atoms with Gasteiger partial charge in [-0.25, -0.2) is 4.68 Å². The zero-order valence-electron chi connectivity index (χ0n) is 13.2. The van der Waals surface area contributed by atoms with E-state index < -0.39 is 0 Å². The summed E-state index contributed by atoms with van der Waals surface area (Å²) in [5, 5.41) is 14.4. The highest BCUT2D eigenvalue weighted by Crippen LogP contribution is 2.19. The standard InChI is InChI=1S/C16H21N5O.ClH/c1-2-12-5-3-4-6-14(12)18-16(22)15-11-21(20-19-15)13-7-9-17-10-8-13;/h3-6,11,13,17H,2,7-10H2,1H3,(H,18,22);1H. The zero-order chi connectivity index (χ0) is 15.4. The van der Waals surface area contributed by atoms with Gasteiger partial charge in [0.2, 0.25) is 0 Å². The van der Waals surface area contributed by atoms with Crippen LogP contribution in [0.15, 0.2) is 30.5 Å². The SMILES string of the molecule is CCc1ccccc1NC(=O)c1cn(C2CCNCC2)nn1.Cl. The molecule has 0 bridgehead atoms. The Morgan fingerprint density at radius 1 is 1.35 bits per heavy atom. The maximum absolute atomic E-state index is 12.3. The average Bonchev–Trinajstić information content (AvgIpc) is 3.06. The Bertz CT molecular complexity index is 651. The van der Waals surface area contributed by atoms with Crippen molar-refractivity contribution in [2.45, 2.75) is 32.2 Å². The van der Waals surface area contributed by atoms with Crippen molar-refractivity contribution >= 4 is 24.0 Å². The molecule has 7 heteroatoms. The van der Waals surface area contributed by atoms with Crippen LogP contribution in [0.5, 0.6) is 0 Å². The summed E-state index contributed by atoms with van der Waals surface area (Å²) in [6.45, 7) is 4.03. The number of rotatable bonds is 4. The molecule has 0 aliphatic carbocycles. The minimum atomic E-state index is -0.207. The number of carbonyl (C=O) groups excluding carboxylic acids is 1.